The summed E-state index contributed by atoms with van der Waals surface area (Å²) >= 11 is 0. The molecule has 0 spiro atoms. The highest BCUT2D eigenvalue weighted by Gasteiger charge is 2.08. The van der Waals surface area contributed by atoms with Crippen molar-refractivity contribution < 1.29 is 0 Å². The van der Waals surface area contributed by atoms with Crippen molar-refractivity contribution in [3.8, 4) is 0 Å². The average Bonchev–Trinajstić information content (AvgIpc) is 2.78. The molecule has 3 aromatic rings. The maximum atomic E-state index is 4.56. The molecule has 0 saturated heterocycles. The van der Waals surface area contributed by atoms with E-state index in [1.807, 2.05) is 26.1 Å². The van der Waals surface area contributed by atoms with E-state index < -0.39 is 0 Å². The molecule has 0 unspecified atom stereocenters. The molecule has 0 atom stereocenters. The Kier molecular flexibility index (Phi) is 2.55. The minimum Gasteiger partial charge on any atom is -0.346 e. The number of aromatic amines is 1. The second kappa shape index (κ2) is 4.22. The van der Waals surface area contributed by atoms with Crippen LogP contribution in [0.15, 0.2) is 30.7 Å². The van der Waals surface area contributed by atoms with Crippen molar-refractivity contribution in [1.82, 2.24) is 19.9 Å². The van der Waals surface area contributed by atoms with Crippen molar-refractivity contribution in [3.63, 3.8) is 0 Å². The molecule has 1 N–H and O–H groups in total. The van der Waals surface area contributed by atoms with Gasteiger partial charge in [0, 0.05) is 30.4 Å². The van der Waals surface area contributed by atoms with Crippen molar-refractivity contribution in [2.24, 2.45) is 0 Å². The van der Waals surface area contributed by atoms with E-state index in [0.717, 1.165) is 34.5 Å². The van der Waals surface area contributed by atoms with Gasteiger partial charge < -0.3 is 4.98 Å². The Bertz CT molecular complexity index is 700. The summed E-state index contributed by atoms with van der Waals surface area (Å²) in [5.74, 6) is 0. The van der Waals surface area contributed by atoms with E-state index in [1.54, 1.807) is 12.4 Å². The molecule has 0 fully saturated rings. The molecule has 0 aliphatic heterocycles. The Morgan fingerprint density at radius 2 is 2.11 bits per heavy atom. The highest BCUT2D eigenvalue weighted by Crippen LogP contribution is 2.19. The number of aryl methyl sites for hydroxylation is 2. The van der Waals surface area contributed by atoms with Gasteiger partial charge in [-0.2, -0.15) is 0 Å². The third-order valence-corrected chi connectivity index (χ3v) is 3.07. The lowest BCUT2D eigenvalue weighted by molar-refractivity contribution is 0.954. The summed E-state index contributed by atoms with van der Waals surface area (Å²) in [5.41, 5.74) is 5.10. The smallest absolute Gasteiger partial charge is 0.137 e. The van der Waals surface area contributed by atoms with Gasteiger partial charge in [-0.15, -0.1) is 0 Å². The lowest BCUT2D eigenvalue weighted by Gasteiger charge is -2.04. The summed E-state index contributed by atoms with van der Waals surface area (Å²) < 4.78 is 0. The molecule has 0 aliphatic carbocycles. The van der Waals surface area contributed by atoms with Crippen LogP contribution in [0.4, 0.5) is 0 Å². The van der Waals surface area contributed by atoms with Crippen molar-refractivity contribution >= 4 is 11.0 Å². The summed E-state index contributed by atoms with van der Waals surface area (Å²) in [6.45, 7) is 3.96. The van der Waals surface area contributed by atoms with Crippen LogP contribution in [0.3, 0.4) is 0 Å². The number of rotatable bonds is 2. The van der Waals surface area contributed by atoms with Gasteiger partial charge in [-0.25, -0.2) is 4.98 Å². The summed E-state index contributed by atoms with van der Waals surface area (Å²) in [7, 11) is 0. The highest BCUT2D eigenvalue weighted by atomic mass is 14.8. The van der Waals surface area contributed by atoms with Crippen molar-refractivity contribution in [2.45, 2.75) is 20.3 Å². The molecule has 0 aromatic carbocycles. The van der Waals surface area contributed by atoms with Gasteiger partial charge in [0.25, 0.3) is 0 Å². The first-order valence-corrected chi connectivity index (χ1v) is 5.94. The van der Waals surface area contributed by atoms with Gasteiger partial charge >= 0.3 is 0 Å². The normalized spacial score (nSPS) is 11.0. The van der Waals surface area contributed by atoms with E-state index in [4.69, 9.17) is 0 Å². The number of nitrogens with one attached hydrogen (secondary N) is 1. The third kappa shape index (κ3) is 1.86. The molecular formula is C14H14N4. The fraction of sp³-hybridized carbons (Fsp3) is 0.214. The van der Waals surface area contributed by atoms with Gasteiger partial charge in [-0.05, 0) is 31.5 Å². The molecule has 3 rings (SSSR count). The van der Waals surface area contributed by atoms with Crippen molar-refractivity contribution in [2.75, 3.05) is 0 Å². The van der Waals surface area contributed by atoms with E-state index in [0.29, 0.717) is 0 Å². The fourth-order valence-electron chi connectivity index (χ4n) is 2.09. The van der Waals surface area contributed by atoms with Crippen LogP contribution in [-0.4, -0.2) is 19.9 Å². The van der Waals surface area contributed by atoms with Crippen LogP contribution < -0.4 is 0 Å². The lowest BCUT2D eigenvalue weighted by Crippen LogP contribution is -1.99. The molecule has 90 valence electrons. The molecular weight excluding hydrogens is 224 g/mol. The van der Waals surface area contributed by atoms with Gasteiger partial charge in [-0.1, -0.05) is 0 Å². The zero-order valence-corrected chi connectivity index (χ0v) is 10.4. The monoisotopic (exact) mass is 238 g/mol. The zero-order valence-electron chi connectivity index (χ0n) is 10.4. The number of pyridine rings is 1. The number of hydrogen-bond acceptors (Lipinski definition) is 3. The van der Waals surface area contributed by atoms with Crippen molar-refractivity contribution in [1.29, 1.82) is 0 Å². The second-order valence-corrected chi connectivity index (χ2v) is 4.43. The molecule has 0 bridgehead atoms. The Morgan fingerprint density at radius 3 is 3.00 bits per heavy atom. The summed E-state index contributed by atoms with van der Waals surface area (Å²) in [4.78, 5) is 16.4. The van der Waals surface area contributed by atoms with Gasteiger partial charge in [0.2, 0.25) is 0 Å². The summed E-state index contributed by atoms with van der Waals surface area (Å²) in [5, 5.41) is 1.15. The van der Waals surface area contributed by atoms with Gasteiger partial charge in [-0.3, -0.25) is 9.97 Å². The fourth-order valence-corrected chi connectivity index (χ4v) is 2.09. The highest BCUT2D eigenvalue weighted by molar-refractivity contribution is 5.79. The lowest BCUT2D eigenvalue weighted by atomic mass is 10.1. The average molecular weight is 238 g/mol. The maximum Gasteiger partial charge on any atom is 0.137 e. The van der Waals surface area contributed by atoms with Gasteiger partial charge in [0.15, 0.2) is 0 Å². The van der Waals surface area contributed by atoms with Crippen molar-refractivity contribution in [3.05, 3.63) is 53.4 Å². The second-order valence-electron chi connectivity index (χ2n) is 4.43. The zero-order chi connectivity index (χ0) is 12.5. The molecule has 3 heterocycles. The molecule has 18 heavy (non-hydrogen) atoms. The van der Waals surface area contributed by atoms with Crippen LogP contribution >= 0.6 is 0 Å². The van der Waals surface area contributed by atoms with E-state index in [-0.39, 0.29) is 0 Å². The predicted molar refractivity (Wildman–Crippen MR) is 70.4 cm³/mol. The first-order valence-electron chi connectivity index (χ1n) is 5.94. The van der Waals surface area contributed by atoms with E-state index in [2.05, 4.69) is 26.0 Å². The number of H-pyrrole nitrogens is 1. The molecule has 4 nitrogen and oxygen atoms in total. The number of fused-ring (bicyclic) bond motifs is 1. The Labute approximate surface area is 105 Å². The topological polar surface area (TPSA) is 54.5 Å². The first kappa shape index (κ1) is 10.9. The number of aromatic nitrogens is 4. The molecule has 0 radical (unpaired) electrons. The van der Waals surface area contributed by atoms with Crippen LogP contribution in [-0.2, 0) is 6.42 Å². The quantitative estimate of drug-likeness (QED) is 0.746. The summed E-state index contributed by atoms with van der Waals surface area (Å²) in [6, 6.07) is 4.03. The Balaban J connectivity index is 2.04. The number of nitrogens with zero attached hydrogens (tertiary/aromatic N) is 3. The number of hydrogen-bond donors (Lipinski definition) is 1. The standard InChI is InChI=1S/C14H14N4/c1-9-7-16-10(2)13(18-9)6-11-8-17-14-12(11)4-3-5-15-14/h3-5,7-8H,6H2,1-2H3,(H,15,17). The van der Waals surface area contributed by atoms with E-state index in [1.165, 1.54) is 5.56 Å². The summed E-state index contributed by atoms with van der Waals surface area (Å²) in [6.07, 6.45) is 6.38. The van der Waals surface area contributed by atoms with Crippen LogP contribution in [0.1, 0.15) is 22.6 Å². The Morgan fingerprint density at radius 1 is 1.22 bits per heavy atom. The third-order valence-electron chi connectivity index (χ3n) is 3.07. The van der Waals surface area contributed by atoms with Crippen LogP contribution in [0, 0.1) is 13.8 Å². The molecule has 0 amide bonds. The largest absolute Gasteiger partial charge is 0.346 e. The minimum atomic E-state index is 0.784. The van der Waals surface area contributed by atoms with E-state index >= 15 is 0 Å². The van der Waals surface area contributed by atoms with E-state index in [9.17, 15) is 0 Å². The molecule has 0 saturated carbocycles. The molecule has 4 heteroatoms. The SMILES string of the molecule is Cc1cnc(C)c(Cc2c[nH]c3ncccc23)n1. The van der Waals surface area contributed by atoms with Crippen LogP contribution in [0.2, 0.25) is 0 Å². The molecule has 0 aliphatic rings. The Hall–Kier alpha value is -2.23. The van der Waals surface area contributed by atoms with Crippen LogP contribution in [0.5, 0.6) is 0 Å². The predicted octanol–water partition coefficient (Wildman–Crippen LogP) is 2.56. The molecule has 3 aromatic heterocycles. The van der Waals surface area contributed by atoms with Crippen LogP contribution in [0.25, 0.3) is 11.0 Å². The minimum absolute atomic E-state index is 0.784. The first-order chi connectivity index (χ1) is 8.74. The van der Waals surface area contributed by atoms with Gasteiger partial charge in [0.1, 0.15) is 5.65 Å². The maximum absolute atomic E-state index is 4.56. The van der Waals surface area contributed by atoms with Gasteiger partial charge in [0.05, 0.1) is 17.1 Å².